The Morgan fingerprint density at radius 1 is 1.28 bits per heavy atom. The van der Waals surface area contributed by atoms with Gasteiger partial charge in [0.15, 0.2) is 0 Å². The summed E-state index contributed by atoms with van der Waals surface area (Å²) < 4.78 is 1.94. The van der Waals surface area contributed by atoms with Gasteiger partial charge >= 0.3 is 0 Å². The average Bonchev–Trinajstić information content (AvgIpc) is 2.78. The van der Waals surface area contributed by atoms with E-state index in [1.807, 2.05) is 30.1 Å². The summed E-state index contributed by atoms with van der Waals surface area (Å²) in [5, 5.41) is 5.95. The summed E-state index contributed by atoms with van der Waals surface area (Å²) in [5.41, 5.74) is 2.60. The van der Waals surface area contributed by atoms with Crippen molar-refractivity contribution in [1.29, 1.82) is 0 Å². The van der Waals surface area contributed by atoms with Gasteiger partial charge in [-0.1, -0.05) is 39.7 Å². The molecule has 0 fully saturated rings. The SMILES string of the molecule is Cn1nccc1CCC(CBr)c1ccc(Cl)cc1. The van der Waals surface area contributed by atoms with E-state index in [0.717, 1.165) is 23.2 Å². The van der Waals surface area contributed by atoms with Gasteiger partial charge in [0, 0.05) is 29.3 Å². The first-order valence-electron chi connectivity index (χ1n) is 5.99. The summed E-state index contributed by atoms with van der Waals surface area (Å²) in [6.45, 7) is 0. The smallest absolute Gasteiger partial charge is 0.0492 e. The van der Waals surface area contributed by atoms with Gasteiger partial charge in [0.1, 0.15) is 0 Å². The lowest BCUT2D eigenvalue weighted by atomic mass is 9.95. The molecule has 0 saturated carbocycles. The molecule has 1 aromatic heterocycles. The fraction of sp³-hybridized carbons (Fsp3) is 0.357. The Labute approximate surface area is 121 Å². The molecule has 0 N–H and O–H groups in total. The Hall–Kier alpha value is -0.800. The first kappa shape index (κ1) is 13.6. The van der Waals surface area contributed by atoms with Crippen molar-refractivity contribution in [1.82, 2.24) is 9.78 Å². The number of benzene rings is 1. The zero-order valence-electron chi connectivity index (χ0n) is 10.3. The van der Waals surface area contributed by atoms with Crippen molar-refractivity contribution < 1.29 is 0 Å². The van der Waals surface area contributed by atoms with Crippen LogP contribution in [0.4, 0.5) is 0 Å². The Kier molecular flexibility index (Phi) is 4.84. The largest absolute Gasteiger partial charge is 0.273 e. The summed E-state index contributed by atoms with van der Waals surface area (Å²) in [5.74, 6) is 0.511. The number of alkyl halides is 1. The molecule has 2 rings (SSSR count). The summed E-state index contributed by atoms with van der Waals surface area (Å²) >= 11 is 9.51. The number of nitrogens with zero attached hydrogens (tertiary/aromatic N) is 2. The molecule has 18 heavy (non-hydrogen) atoms. The first-order chi connectivity index (χ1) is 8.70. The van der Waals surface area contributed by atoms with Gasteiger partial charge < -0.3 is 0 Å². The maximum absolute atomic E-state index is 5.92. The molecule has 2 nitrogen and oxygen atoms in total. The number of aromatic nitrogens is 2. The molecule has 0 saturated heterocycles. The molecule has 96 valence electrons. The van der Waals surface area contributed by atoms with Crippen molar-refractivity contribution in [2.24, 2.45) is 7.05 Å². The van der Waals surface area contributed by atoms with Crippen LogP contribution in [0.5, 0.6) is 0 Å². The van der Waals surface area contributed by atoms with E-state index in [0.29, 0.717) is 5.92 Å². The molecular formula is C14H16BrClN2. The highest BCUT2D eigenvalue weighted by molar-refractivity contribution is 9.09. The van der Waals surface area contributed by atoms with Crippen molar-refractivity contribution in [3.05, 3.63) is 52.8 Å². The molecule has 0 spiro atoms. The van der Waals surface area contributed by atoms with Crippen LogP contribution in [0.25, 0.3) is 0 Å². The quantitative estimate of drug-likeness (QED) is 0.753. The summed E-state index contributed by atoms with van der Waals surface area (Å²) in [6.07, 6.45) is 3.99. The van der Waals surface area contributed by atoms with Crippen LogP contribution >= 0.6 is 27.5 Å². The van der Waals surface area contributed by atoms with Gasteiger partial charge in [0.2, 0.25) is 0 Å². The van der Waals surface area contributed by atoms with E-state index in [-0.39, 0.29) is 0 Å². The molecular weight excluding hydrogens is 312 g/mol. The fourth-order valence-electron chi connectivity index (χ4n) is 2.04. The molecule has 0 aliphatic heterocycles. The van der Waals surface area contributed by atoms with Crippen molar-refractivity contribution in [3.63, 3.8) is 0 Å². The third-order valence-electron chi connectivity index (χ3n) is 3.20. The molecule has 2 aromatic rings. The van der Waals surface area contributed by atoms with Crippen LogP contribution in [0.3, 0.4) is 0 Å². The topological polar surface area (TPSA) is 17.8 Å². The molecule has 0 bridgehead atoms. The summed E-state index contributed by atoms with van der Waals surface area (Å²) in [6, 6.07) is 10.2. The second-order valence-corrected chi connectivity index (χ2v) is 5.47. The lowest BCUT2D eigenvalue weighted by Gasteiger charge is -2.14. The molecule has 0 aliphatic carbocycles. The standard InChI is InChI=1S/C14H16BrClN2/c1-18-14(8-9-17-18)7-4-12(10-15)11-2-5-13(16)6-3-11/h2-3,5-6,8-9,12H,4,7,10H2,1H3. The molecule has 4 heteroatoms. The molecule has 0 aliphatic rings. The zero-order chi connectivity index (χ0) is 13.0. The fourth-order valence-corrected chi connectivity index (χ4v) is 2.86. The van der Waals surface area contributed by atoms with Gasteiger partial charge in [0.25, 0.3) is 0 Å². The van der Waals surface area contributed by atoms with Gasteiger partial charge in [-0.05, 0) is 42.5 Å². The zero-order valence-corrected chi connectivity index (χ0v) is 12.7. The molecule has 1 heterocycles. The highest BCUT2D eigenvalue weighted by Crippen LogP contribution is 2.25. The predicted molar refractivity (Wildman–Crippen MR) is 79.5 cm³/mol. The Morgan fingerprint density at radius 3 is 2.56 bits per heavy atom. The second kappa shape index (κ2) is 6.39. The van der Waals surface area contributed by atoms with Crippen molar-refractivity contribution in [2.75, 3.05) is 5.33 Å². The summed E-state index contributed by atoms with van der Waals surface area (Å²) in [7, 11) is 1.99. The minimum absolute atomic E-state index is 0.511. The number of rotatable bonds is 5. The van der Waals surface area contributed by atoms with Gasteiger partial charge in [-0.2, -0.15) is 5.10 Å². The van der Waals surface area contributed by atoms with E-state index in [2.05, 4.69) is 39.2 Å². The molecule has 1 aromatic carbocycles. The molecule has 1 atom stereocenters. The number of hydrogen-bond donors (Lipinski definition) is 0. The van der Waals surface area contributed by atoms with Crippen LogP contribution < -0.4 is 0 Å². The predicted octanol–water partition coefficient (Wildman–Crippen LogP) is 4.18. The van der Waals surface area contributed by atoms with Crippen molar-refractivity contribution >= 4 is 27.5 Å². The van der Waals surface area contributed by atoms with Gasteiger partial charge in [-0.3, -0.25) is 4.68 Å². The van der Waals surface area contributed by atoms with Crippen molar-refractivity contribution in [2.45, 2.75) is 18.8 Å². The second-order valence-electron chi connectivity index (χ2n) is 4.39. The first-order valence-corrected chi connectivity index (χ1v) is 7.49. The van der Waals surface area contributed by atoms with Crippen LogP contribution in [0.1, 0.15) is 23.6 Å². The summed E-state index contributed by atoms with van der Waals surface area (Å²) in [4.78, 5) is 0. The van der Waals surface area contributed by atoms with Crippen LogP contribution in [-0.4, -0.2) is 15.1 Å². The van der Waals surface area contributed by atoms with E-state index in [1.165, 1.54) is 11.3 Å². The molecule has 0 amide bonds. The maximum Gasteiger partial charge on any atom is 0.0492 e. The monoisotopic (exact) mass is 326 g/mol. The third kappa shape index (κ3) is 3.36. The van der Waals surface area contributed by atoms with E-state index in [1.54, 1.807) is 0 Å². The van der Waals surface area contributed by atoms with E-state index in [9.17, 15) is 0 Å². The Bertz CT molecular complexity index is 493. The molecule has 1 unspecified atom stereocenters. The number of aryl methyl sites for hydroxylation is 2. The van der Waals surface area contributed by atoms with Crippen LogP contribution in [0.15, 0.2) is 36.5 Å². The van der Waals surface area contributed by atoms with Crippen molar-refractivity contribution in [3.8, 4) is 0 Å². The lowest BCUT2D eigenvalue weighted by molar-refractivity contribution is 0.637. The van der Waals surface area contributed by atoms with Gasteiger partial charge in [0.05, 0.1) is 0 Å². The Balaban J connectivity index is 2.01. The minimum atomic E-state index is 0.511. The minimum Gasteiger partial charge on any atom is -0.273 e. The van der Waals surface area contributed by atoms with E-state index >= 15 is 0 Å². The van der Waals surface area contributed by atoms with Crippen LogP contribution in [-0.2, 0) is 13.5 Å². The van der Waals surface area contributed by atoms with Gasteiger partial charge in [-0.15, -0.1) is 0 Å². The van der Waals surface area contributed by atoms with E-state index < -0.39 is 0 Å². The van der Waals surface area contributed by atoms with Crippen LogP contribution in [0.2, 0.25) is 5.02 Å². The normalized spacial score (nSPS) is 12.6. The third-order valence-corrected chi connectivity index (χ3v) is 4.23. The maximum atomic E-state index is 5.92. The van der Waals surface area contributed by atoms with E-state index in [4.69, 9.17) is 11.6 Å². The highest BCUT2D eigenvalue weighted by Gasteiger charge is 2.11. The van der Waals surface area contributed by atoms with Gasteiger partial charge in [-0.25, -0.2) is 0 Å². The average molecular weight is 328 g/mol. The lowest BCUT2D eigenvalue weighted by Crippen LogP contribution is -2.05. The number of hydrogen-bond acceptors (Lipinski definition) is 1. The van der Waals surface area contributed by atoms with Crippen LogP contribution in [0, 0.1) is 0 Å². The molecule has 0 radical (unpaired) electrons. The highest BCUT2D eigenvalue weighted by atomic mass is 79.9. The Morgan fingerprint density at radius 2 is 2.00 bits per heavy atom. The number of halogens is 2.